The fraction of sp³-hybridized carbons (Fsp3) is 0.406. The minimum Gasteiger partial charge on any atom is -0.489 e. The first-order valence-corrected chi connectivity index (χ1v) is 14.2. The molecule has 196 valence electrons. The third-order valence-corrected chi connectivity index (χ3v) is 7.96. The van der Waals surface area contributed by atoms with Gasteiger partial charge in [-0.1, -0.05) is 63.5 Å². The fourth-order valence-electron chi connectivity index (χ4n) is 4.56. The van der Waals surface area contributed by atoms with E-state index in [0.717, 1.165) is 24.2 Å². The Morgan fingerprint density at radius 1 is 1.08 bits per heavy atom. The average molecular weight is 518 g/mol. The molecule has 5 heteroatoms. The Morgan fingerprint density at radius 3 is 2.49 bits per heavy atom. The molecular weight excluding hydrogens is 478 g/mol. The number of allylic oxidation sites excluding steroid dienone is 2. The van der Waals surface area contributed by atoms with Crippen LogP contribution in [-0.2, 0) is 17.8 Å². The maximum absolute atomic E-state index is 10.9. The molecule has 0 spiro atoms. The molecule has 1 heterocycles. The summed E-state index contributed by atoms with van der Waals surface area (Å²) in [7, 11) is 4.14. The number of carboxylic acid groups (broad SMARTS) is 1. The molecular formula is C32H39NO3S. The first-order chi connectivity index (χ1) is 17.7. The van der Waals surface area contributed by atoms with Crippen LogP contribution in [0.4, 0.5) is 5.69 Å². The van der Waals surface area contributed by atoms with Gasteiger partial charge in [0, 0.05) is 42.2 Å². The lowest BCUT2D eigenvalue weighted by atomic mass is 9.80. The lowest BCUT2D eigenvalue weighted by molar-refractivity contribution is -0.136. The summed E-state index contributed by atoms with van der Waals surface area (Å²) < 4.78 is 6.24. The molecule has 5 rings (SSSR count). The highest BCUT2D eigenvalue weighted by Gasteiger charge is 2.32. The minimum absolute atomic E-state index is 0.122. The average Bonchev–Trinajstić information content (AvgIpc) is 3.64. The Bertz CT molecular complexity index is 1250. The Hall–Kier alpha value is -3.05. The minimum atomic E-state index is -0.785. The van der Waals surface area contributed by atoms with Crippen molar-refractivity contribution in [3.8, 4) is 16.2 Å². The molecule has 37 heavy (non-hydrogen) atoms. The molecule has 2 aromatic carbocycles. The van der Waals surface area contributed by atoms with E-state index in [9.17, 15) is 4.79 Å². The number of thiophene rings is 1. The number of ether oxygens (including phenoxy) is 1. The van der Waals surface area contributed by atoms with E-state index in [1.54, 1.807) is 11.3 Å². The molecule has 3 aromatic rings. The van der Waals surface area contributed by atoms with Gasteiger partial charge in [0.2, 0.25) is 0 Å². The van der Waals surface area contributed by atoms with E-state index in [1.807, 2.05) is 24.3 Å². The first kappa shape index (κ1) is 27.0. The predicted octanol–water partition coefficient (Wildman–Crippen LogP) is 8.45. The zero-order valence-electron chi connectivity index (χ0n) is 22.5. The molecule has 2 aliphatic rings. The van der Waals surface area contributed by atoms with Crippen LogP contribution in [0.25, 0.3) is 16.0 Å². The van der Waals surface area contributed by atoms with Gasteiger partial charge < -0.3 is 14.7 Å². The first-order valence-electron chi connectivity index (χ1n) is 13.3. The van der Waals surface area contributed by atoms with Crippen molar-refractivity contribution in [3.63, 3.8) is 0 Å². The van der Waals surface area contributed by atoms with Crippen LogP contribution in [0.1, 0.15) is 69.1 Å². The SMILES string of the molecule is C1CC1.CN(C)c1cccc(-c2scc(COc3cccc(CCC(=O)O)c3)c2C2=CCCC2(C)C)c1. The summed E-state index contributed by atoms with van der Waals surface area (Å²) in [6, 6.07) is 16.5. The number of rotatable bonds is 9. The largest absolute Gasteiger partial charge is 0.489 e. The molecule has 0 saturated heterocycles. The van der Waals surface area contributed by atoms with Crippen molar-refractivity contribution < 1.29 is 14.6 Å². The number of aliphatic carboxylic acids is 1. The van der Waals surface area contributed by atoms with Gasteiger partial charge in [0.05, 0.1) is 0 Å². The second-order valence-electron chi connectivity index (χ2n) is 10.8. The van der Waals surface area contributed by atoms with Crippen molar-refractivity contribution in [2.24, 2.45) is 5.41 Å². The van der Waals surface area contributed by atoms with Gasteiger partial charge in [0.15, 0.2) is 0 Å². The van der Waals surface area contributed by atoms with Crippen LogP contribution in [0.15, 0.2) is 60.0 Å². The van der Waals surface area contributed by atoms with Crippen molar-refractivity contribution in [2.75, 3.05) is 19.0 Å². The van der Waals surface area contributed by atoms with Crippen molar-refractivity contribution in [1.29, 1.82) is 0 Å². The summed E-state index contributed by atoms with van der Waals surface area (Å²) in [5, 5.41) is 11.2. The summed E-state index contributed by atoms with van der Waals surface area (Å²) >= 11 is 1.78. The van der Waals surface area contributed by atoms with E-state index in [-0.39, 0.29) is 11.8 Å². The summed E-state index contributed by atoms with van der Waals surface area (Å²) in [6.45, 7) is 5.15. The van der Waals surface area contributed by atoms with Gasteiger partial charge >= 0.3 is 5.97 Å². The third-order valence-electron chi connectivity index (χ3n) is 6.88. The van der Waals surface area contributed by atoms with Gasteiger partial charge in [-0.05, 0) is 71.0 Å². The van der Waals surface area contributed by atoms with Gasteiger partial charge in [-0.3, -0.25) is 4.79 Å². The molecule has 2 aliphatic carbocycles. The molecule has 0 atom stereocenters. The number of benzene rings is 2. The number of carbonyl (C=O) groups is 1. The van der Waals surface area contributed by atoms with Crippen LogP contribution in [0.3, 0.4) is 0 Å². The van der Waals surface area contributed by atoms with E-state index in [1.165, 1.54) is 52.1 Å². The van der Waals surface area contributed by atoms with E-state index in [2.05, 4.69) is 68.6 Å². The van der Waals surface area contributed by atoms with Crippen LogP contribution >= 0.6 is 11.3 Å². The maximum Gasteiger partial charge on any atom is 0.303 e. The lowest BCUT2D eigenvalue weighted by Crippen LogP contribution is -2.11. The standard InChI is InChI=1S/C29H33NO3S.C3H6/c1-29(2)15-7-12-25(29)27-22(18-33-24-11-5-8-20(16-24)13-14-26(31)32)19-34-28(27)21-9-6-10-23(17-21)30(3)4;1-2-3-1/h5-6,8-12,16-17,19H,7,13-15,18H2,1-4H3,(H,31,32);1-3H2. The third kappa shape index (κ3) is 7.26. The molecule has 1 fully saturated rings. The molecule has 0 bridgehead atoms. The molecule has 1 saturated carbocycles. The fourth-order valence-corrected chi connectivity index (χ4v) is 5.63. The Balaban J connectivity index is 0.000000994. The molecule has 1 aromatic heterocycles. The van der Waals surface area contributed by atoms with Gasteiger partial charge in [0.1, 0.15) is 12.4 Å². The van der Waals surface area contributed by atoms with Crippen LogP contribution in [-0.4, -0.2) is 25.2 Å². The lowest BCUT2D eigenvalue weighted by Gasteiger charge is -2.25. The van der Waals surface area contributed by atoms with Crippen LogP contribution in [0.2, 0.25) is 0 Å². The molecule has 0 amide bonds. The van der Waals surface area contributed by atoms with Gasteiger partial charge in [-0.25, -0.2) is 0 Å². The van der Waals surface area contributed by atoms with E-state index in [4.69, 9.17) is 9.84 Å². The molecule has 4 nitrogen and oxygen atoms in total. The molecule has 0 radical (unpaired) electrons. The zero-order valence-corrected chi connectivity index (χ0v) is 23.4. The van der Waals surface area contributed by atoms with Crippen LogP contribution < -0.4 is 9.64 Å². The monoisotopic (exact) mass is 517 g/mol. The maximum atomic E-state index is 10.9. The second-order valence-corrected chi connectivity index (χ2v) is 11.7. The number of nitrogens with zero attached hydrogens (tertiary/aromatic N) is 1. The highest BCUT2D eigenvalue weighted by Crippen LogP contribution is 2.50. The number of anilines is 1. The van der Waals surface area contributed by atoms with E-state index in [0.29, 0.717) is 13.0 Å². The Morgan fingerprint density at radius 2 is 1.84 bits per heavy atom. The van der Waals surface area contributed by atoms with Crippen molar-refractivity contribution in [3.05, 3.63) is 76.7 Å². The van der Waals surface area contributed by atoms with Gasteiger partial charge in [-0.15, -0.1) is 11.3 Å². The molecule has 0 aliphatic heterocycles. The highest BCUT2D eigenvalue weighted by atomic mass is 32.1. The number of hydrogen-bond acceptors (Lipinski definition) is 4. The van der Waals surface area contributed by atoms with Crippen molar-refractivity contribution in [2.45, 2.75) is 65.4 Å². The predicted molar refractivity (Wildman–Crippen MR) is 156 cm³/mol. The number of aryl methyl sites for hydroxylation is 1. The molecule has 1 N–H and O–H groups in total. The Kier molecular flexibility index (Phi) is 8.75. The van der Waals surface area contributed by atoms with Crippen molar-refractivity contribution in [1.82, 2.24) is 0 Å². The van der Waals surface area contributed by atoms with Crippen LogP contribution in [0, 0.1) is 5.41 Å². The van der Waals surface area contributed by atoms with Gasteiger partial charge in [0.25, 0.3) is 0 Å². The van der Waals surface area contributed by atoms with E-state index < -0.39 is 5.97 Å². The van der Waals surface area contributed by atoms with Gasteiger partial charge in [-0.2, -0.15) is 0 Å². The van der Waals surface area contributed by atoms with Crippen LogP contribution in [0.5, 0.6) is 5.75 Å². The second kappa shape index (κ2) is 12.0. The Labute approximate surface area is 225 Å². The highest BCUT2D eigenvalue weighted by molar-refractivity contribution is 7.14. The topological polar surface area (TPSA) is 49.8 Å². The summed E-state index contributed by atoms with van der Waals surface area (Å²) in [5.41, 5.74) is 7.45. The van der Waals surface area contributed by atoms with Crippen molar-refractivity contribution >= 4 is 28.6 Å². The number of hydrogen-bond donors (Lipinski definition) is 1. The number of carboxylic acids is 1. The zero-order chi connectivity index (χ0) is 26.4. The summed E-state index contributed by atoms with van der Waals surface area (Å²) in [4.78, 5) is 14.3. The smallest absolute Gasteiger partial charge is 0.303 e. The summed E-state index contributed by atoms with van der Waals surface area (Å²) in [5.74, 6) is -0.0107. The van der Waals surface area contributed by atoms with E-state index >= 15 is 0 Å². The molecule has 0 unspecified atom stereocenters. The summed E-state index contributed by atoms with van der Waals surface area (Å²) in [6.07, 6.45) is 9.78. The quantitative estimate of drug-likeness (QED) is 0.309. The normalized spacial score (nSPS) is 15.4.